The normalized spacial score (nSPS) is 11.4. The first-order valence-corrected chi connectivity index (χ1v) is 8.96. The highest BCUT2D eigenvalue weighted by molar-refractivity contribution is 6.36. The molecule has 158 valence electrons. The molecule has 0 spiro atoms. The minimum absolute atomic E-state index is 0.0208. The quantitative estimate of drug-likeness (QED) is 0.433. The molecule has 1 amide bonds. The van der Waals surface area contributed by atoms with Gasteiger partial charge in [0, 0.05) is 18.0 Å². The number of aromatic nitrogens is 3. The van der Waals surface area contributed by atoms with Crippen LogP contribution in [0.2, 0.25) is 5.02 Å². The molecule has 0 atom stereocenters. The lowest BCUT2D eigenvalue weighted by atomic mass is 10.1. The molecule has 2 N–H and O–H groups in total. The third kappa shape index (κ3) is 4.67. The molecule has 0 radical (unpaired) electrons. The first kappa shape index (κ1) is 20.4. The van der Waals surface area contributed by atoms with E-state index in [9.17, 15) is 18.0 Å². The summed E-state index contributed by atoms with van der Waals surface area (Å²) >= 11 is 6.19. The monoisotopic (exact) mass is 449 g/mol. The lowest BCUT2D eigenvalue weighted by molar-refractivity contribution is -0.274. The lowest BCUT2D eigenvalue weighted by Crippen LogP contribution is -2.17. The molecule has 0 saturated carbocycles. The van der Waals surface area contributed by atoms with E-state index in [0.29, 0.717) is 5.39 Å². The number of nitrogens with zero attached hydrogens (tertiary/aromatic N) is 3. The van der Waals surface area contributed by atoms with E-state index in [2.05, 4.69) is 30.5 Å². The van der Waals surface area contributed by atoms with Crippen LogP contribution < -0.4 is 15.4 Å². The van der Waals surface area contributed by atoms with Crippen molar-refractivity contribution < 1.29 is 27.2 Å². The van der Waals surface area contributed by atoms with Crippen molar-refractivity contribution in [1.29, 1.82) is 0 Å². The van der Waals surface area contributed by atoms with Gasteiger partial charge >= 0.3 is 6.36 Å². The first-order chi connectivity index (χ1) is 14.8. The van der Waals surface area contributed by atoms with Crippen LogP contribution in [0.4, 0.5) is 30.5 Å². The Morgan fingerprint density at radius 3 is 2.74 bits per heavy atom. The Morgan fingerprint density at radius 1 is 1.16 bits per heavy atom. The molecule has 4 aromatic rings. The molecular formula is C19H11ClF3N5O3. The Labute approximate surface area is 177 Å². The Bertz CT molecular complexity index is 1250. The van der Waals surface area contributed by atoms with Crippen LogP contribution >= 0.6 is 11.6 Å². The molecule has 31 heavy (non-hydrogen) atoms. The smallest absolute Gasteiger partial charge is 0.406 e. The van der Waals surface area contributed by atoms with E-state index in [-0.39, 0.29) is 33.5 Å². The Balaban J connectivity index is 1.64. The Kier molecular flexibility index (Phi) is 5.34. The van der Waals surface area contributed by atoms with Crippen molar-refractivity contribution in [3.8, 4) is 5.75 Å². The topological polar surface area (TPSA) is 102 Å². The van der Waals surface area contributed by atoms with Crippen LogP contribution in [0.25, 0.3) is 11.0 Å². The highest BCUT2D eigenvalue weighted by Crippen LogP contribution is 2.33. The molecule has 0 saturated heterocycles. The zero-order valence-electron chi connectivity index (χ0n) is 15.3. The van der Waals surface area contributed by atoms with E-state index in [1.165, 1.54) is 36.8 Å². The fraction of sp³-hybridized carbons (Fsp3) is 0.0526. The van der Waals surface area contributed by atoms with E-state index < -0.39 is 18.0 Å². The van der Waals surface area contributed by atoms with Crippen LogP contribution in [-0.4, -0.2) is 27.4 Å². The fourth-order valence-corrected chi connectivity index (χ4v) is 2.97. The maximum atomic E-state index is 12.7. The van der Waals surface area contributed by atoms with Gasteiger partial charge in [0.05, 0.1) is 10.4 Å². The number of rotatable bonds is 5. The van der Waals surface area contributed by atoms with Crippen molar-refractivity contribution in [3.63, 3.8) is 0 Å². The molecule has 0 unspecified atom stereocenters. The highest BCUT2D eigenvalue weighted by Gasteiger charge is 2.31. The molecule has 0 aliphatic carbocycles. The summed E-state index contributed by atoms with van der Waals surface area (Å²) in [5.74, 6) is -0.560. The van der Waals surface area contributed by atoms with Gasteiger partial charge in [0.25, 0.3) is 5.91 Å². The van der Waals surface area contributed by atoms with Crippen molar-refractivity contribution in [2.45, 2.75) is 6.36 Å². The number of hydrogen-bond donors (Lipinski definition) is 2. The highest BCUT2D eigenvalue weighted by atomic mass is 35.5. The second-order valence-electron chi connectivity index (χ2n) is 6.08. The van der Waals surface area contributed by atoms with Gasteiger partial charge in [-0.25, -0.2) is 9.97 Å². The van der Waals surface area contributed by atoms with Crippen LogP contribution in [0.3, 0.4) is 0 Å². The van der Waals surface area contributed by atoms with E-state index in [1.54, 1.807) is 6.07 Å². The van der Waals surface area contributed by atoms with Crippen LogP contribution in [-0.2, 0) is 0 Å². The maximum Gasteiger partial charge on any atom is 0.573 e. The minimum atomic E-state index is -4.82. The van der Waals surface area contributed by atoms with E-state index >= 15 is 0 Å². The summed E-state index contributed by atoms with van der Waals surface area (Å²) in [5.41, 5.74) is 0.371. The van der Waals surface area contributed by atoms with Gasteiger partial charge < -0.3 is 19.9 Å². The summed E-state index contributed by atoms with van der Waals surface area (Å²) in [5, 5.41) is 9.79. The van der Waals surface area contributed by atoms with Crippen molar-refractivity contribution >= 4 is 45.8 Å². The average Bonchev–Trinajstić information content (AvgIpc) is 3.10. The van der Waals surface area contributed by atoms with Crippen LogP contribution in [0.15, 0.2) is 59.5 Å². The number of carbonyl (C=O) groups is 1. The molecule has 8 nitrogen and oxygen atoms in total. The second kappa shape index (κ2) is 8.11. The maximum absolute atomic E-state index is 12.7. The largest absolute Gasteiger partial charge is 0.573 e. The van der Waals surface area contributed by atoms with Gasteiger partial charge in [-0.2, -0.15) is 0 Å². The summed E-state index contributed by atoms with van der Waals surface area (Å²) in [7, 11) is 0. The zero-order chi connectivity index (χ0) is 22.0. The van der Waals surface area contributed by atoms with Crippen molar-refractivity contribution in [2.75, 3.05) is 10.6 Å². The summed E-state index contributed by atoms with van der Waals surface area (Å²) in [4.78, 5) is 20.4. The first-order valence-electron chi connectivity index (χ1n) is 8.58. The van der Waals surface area contributed by atoms with Gasteiger partial charge in [-0.3, -0.25) is 4.79 Å². The number of halogens is 4. The molecule has 0 aliphatic heterocycles. The molecule has 2 heterocycles. The third-order valence-corrected chi connectivity index (χ3v) is 4.29. The molecule has 0 bridgehead atoms. The van der Waals surface area contributed by atoms with Crippen LogP contribution in [0.1, 0.15) is 10.4 Å². The summed E-state index contributed by atoms with van der Waals surface area (Å²) in [6.07, 6.45) is -2.09. The number of fused-ring (bicyclic) bond motifs is 1. The molecule has 4 rings (SSSR count). The Hall–Kier alpha value is -3.86. The standard InChI is InChI=1S/C19H11ClF3N5O3/c20-13-5-4-12-16(15(13)18(29)27-14-6-7-24-9-25-14)31-28-17(12)26-10-2-1-3-11(8-10)30-19(21,22)23/h1-9H,(H,26,28)(H,24,25,27,29). The predicted molar refractivity (Wildman–Crippen MR) is 105 cm³/mol. The molecule has 2 aromatic carbocycles. The van der Waals surface area contributed by atoms with E-state index in [1.807, 2.05) is 0 Å². The number of benzene rings is 2. The summed E-state index contributed by atoms with van der Waals surface area (Å²) in [6, 6.07) is 9.74. The summed E-state index contributed by atoms with van der Waals surface area (Å²) < 4.78 is 46.5. The zero-order valence-corrected chi connectivity index (χ0v) is 16.0. The van der Waals surface area contributed by atoms with E-state index in [0.717, 1.165) is 12.1 Å². The molecule has 2 aromatic heterocycles. The minimum Gasteiger partial charge on any atom is -0.406 e. The Morgan fingerprint density at radius 2 is 2.00 bits per heavy atom. The molecule has 0 fully saturated rings. The number of carbonyl (C=O) groups excluding carboxylic acids is 1. The SMILES string of the molecule is O=C(Nc1ccncn1)c1c(Cl)ccc2c(Nc3cccc(OC(F)(F)F)c3)noc12. The van der Waals surface area contributed by atoms with Crippen LogP contribution in [0, 0.1) is 0 Å². The average molecular weight is 450 g/mol. The van der Waals surface area contributed by atoms with Gasteiger partial charge in [0.1, 0.15) is 23.5 Å². The third-order valence-electron chi connectivity index (χ3n) is 3.97. The van der Waals surface area contributed by atoms with Gasteiger partial charge in [0.15, 0.2) is 11.4 Å². The van der Waals surface area contributed by atoms with Crippen molar-refractivity contribution in [1.82, 2.24) is 15.1 Å². The van der Waals surface area contributed by atoms with Gasteiger partial charge in [-0.1, -0.05) is 22.8 Å². The van der Waals surface area contributed by atoms with Gasteiger partial charge in [-0.15, -0.1) is 13.2 Å². The number of amides is 1. The fourth-order valence-electron chi connectivity index (χ4n) is 2.73. The summed E-state index contributed by atoms with van der Waals surface area (Å²) in [6.45, 7) is 0. The van der Waals surface area contributed by atoms with Crippen molar-refractivity contribution in [2.24, 2.45) is 0 Å². The molecular weight excluding hydrogens is 439 g/mol. The van der Waals surface area contributed by atoms with Crippen LogP contribution in [0.5, 0.6) is 5.75 Å². The number of nitrogens with one attached hydrogen (secondary N) is 2. The van der Waals surface area contributed by atoms with Gasteiger partial charge in [0.2, 0.25) is 0 Å². The predicted octanol–water partition coefficient (Wildman–Crippen LogP) is 5.17. The lowest BCUT2D eigenvalue weighted by Gasteiger charge is -2.10. The van der Waals surface area contributed by atoms with Gasteiger partial charge in [-0.05, 0) is 30.3 Å². The number of ether oxygens (including phenoxy) is 1. The molecule has 12 heteroatoms. The number of anilines is 3. The molecule has 0 aliphatic rings. The number of hydrogen-bond acceptors (Lipinski definition) is 7. The second-order valence-corrected chi connectivity index (χ2v) is 6.49. The number of alkyl halides is 3. The van der Waals surface area contributed by atoms with E-state index in [4.69, 9.17) is 16.1 Å². The van der Waals surface area contributed by atoms with Crippen molar-refractivity contribution in [3.05, 3.63) is 65.6 Å².